The molecule has 0 aliphatic heterocycles. The number of thioether (sulfide) groups is 1. The van der Waals surface area contributed by atoms with Gasteiger partial charge in [0.2, 0.25) is 0 Å². The fourth-order valence-corrected chi connectivity index (χ4v) is 2.99. The van der Waals surface area contributed by atoms with E-state index >= 15 is 0 Å². The SMILES string of the molecule is CCC(CN)c1csc(CSC(C)C)n1. The van der Waals surface area contributed by atoms with Gasteiger partial charge in [-0.15, -0.1) is 11.3 Å². The highest BCUT2D eigenvalue weighted by molar-refractivity contribution is 7.99. The predicted molar refractivity (Wildman–Crippen MR) is 70.6 cm³/mol. The minimum absolute atomic E-state index is 0.444. The third-order valence-electron chi connectivity index (χ3n) is 2.31. The van der Waals surface area contributed by atoms with Gasteiger partial charge in [0.05, 0.1) is 5.69 Å². The van der Waals surface area contributed by atoms with Gasteiger partial charge in [-0.25, -0.2) is 4.98 Å². The quantitative estimate of drug-likeness (QED) is 0.835. The van der Waals surface area contributed by atoms with E-state index in [4.69, 9.17) is 5.73 Å². The van der Waals surface area contributed by atoms with Crippen LogP contribution in [0.4, 0.5) is 0 Å². The first-order valence-electron chi connectivity index (χ1n) is 5.43. The number of hydrogen-bond acceptors (Lipinski definition) is 4. The van der Waals surface area contributed by atoms with Crippen molar-refractivity contribution in [3.63, 3.8) is 0 Å². The number of hydrogen-bond donors (Lipinski definition) is 1. The Balaban J connectivity index is 2.55. The summed E-state index contributed by atoms with van der Waals surface area (Å²) in [6.45, 7) is 7.30. The van der Waals surface area contributed by atoms with E-state index in [1.165, 1.54) is 10.7 Å². The number of rotatable bonds is 6. The summed E-state index contributed by atoms with van der Waals surface area (Å²) in [5.41, 5.74) is 6.89. The zero-order valence-corrected chi connectivity index (χ0v) is 11.3. The third-order valence-corrected chi connectivity index (χ3v) is 4.46. The van der Waals surface area contributed by atoms with Crippen LogP contribution in [0.3, 0.4) is 0 Å². The minimum Gasteiger partial charge on any atom is -0.330 e. The van der Waals surface area contributed by atoms with Crippen LogP contribution in [-0.2, 0) is 5.75 Å². The van der Waals surface area contributed by atoms with Crippen LogP contribution in [0.2, 0.25) is 0 Å². The third kappa shape index (κ3) is 4.13. The van der Waals surface area contributed by atoms with E-state index in [0.29, 0.717) is 17.7 Å². The number of nitrogens with two attached hydrogens (primary N) is 1. The first-order chi connectivity index (χ1) is 7.17. The number of aromatic nitrogens is 1. The second-order valence-electron chi connectivity index (χ2n) is 3.87. The van der Waals surface area contributed by atoms with Crippen LogP contribution < -0.4 is 5.73 Å². The Bertz CT molecular complexity index is 280. The van der Waals surface area contributed by atoms with Gasteiger partial charge in [0.25, 0.3) is 0 Å². The first kappa shape index (κ1) is 13.0. The highest BCUT2D eigenvalue weighted by Crippen LogP contribution is 2.24. The van der Waals surface area contributed by atoms with Gasteiger partial charge < -0.3 is 5.73 Å². The molecule has 1 atom stereocenters. The summed E-state index contributed by atoms with van der Waals surface area (Å²) in [7, 11) is 0. The van der Waals surface area contributed by atoms with Gasteiger partial charge in [0.15, 0.2) is 0 Å². The van der Waals surface area contributed by atoms with E-state index in [1.54, 1.807) is 11.3 Å². The molecular weight excluding hydrogens is 224 g/mol. The summed E-state index contributed by atoms with van der Waals surface area (Å²) in [5.74, 6) is 1.47. The van der Waals surface area contributed by atoms with Crippen LogP contribution in [0.15, 0.2) is 5.38 Å². The monoisotopic (exact) mass is 244 g/mol. The average Bonchev–Trinajstić information content (AvgIpc) is 2.65. The zero-order chi connectivity index (χ0) is 11.3. The molecular formula is C11H20N2S2. The van der Waals surface area contributed by atoms with E-state index in [0.717, 1.165) is 12.2 Å². The van der Waals surface area contributed by atoms with Crippen LogP contribution >= 0.6 is 23.1 Å². The van der Waals surface area contributed by atoms with Gasteiger partial charge in [-0.3, -0.25) is 0 Å². The first-order valence-corrected chi connectivity index (χ1v) is 7.36. The van der Waals surface area contributed by atoms with Gasteiger partial charge in [0.1, 0.15) is 5.01 Å². The van der Waals surface area contributed by atoms with Crippen LogP contribution in [0, 0.1) is 0 Å². The molecule has 1 aromatic heterocycles. The van der Waals surface area contributed by atoms with Crippen molar-refractivity contribution in [2.24, 2.45) is 5.73 Å². The Morgan fingerprint density at radius 2 is 2.27 bits per heavy atom. The molecule has 86 valence electrons. The average molecular weight is 244 g/mol. The Morgan fingerprint density at radius 3 is 2.80 bits per heavy atom. The van der Waals surface area contributed by atoms with Crippen molar-refractivity contribution in [2.45, 2.75) is 44.1 Å². The number of thiazole rings is 1. The van der Waals surface area contributed by atoms with E-state index in [-0.39, 0.29) is 0 Å². The lowest BCUT2D eigenvalue weighted by molar-refractivity contribution is 0.657. The lowest BCUT2D eigenvalue weighted by atomic mass is 10.0. The molecule has 0 saturated carbocycles. The molecule has 0 aliphatic rings. The van der Waals surface area contributed by atoms with Gasteiger partial charge in [-0.05, 0) is 11.7 Å². The van der Waals surface area contributed by atoms with Gasteiger partial charge in [0, 0.05) is 23.6 Å². The van der Waals surface area contributed by atoms with Crippen LogP contribution in [0.5, 0.6) is 0 Å². The van der Waals surface area contributed by atoms with Crippen LogP contribution in [0.1, 0.15) is 43.8 Å². The van der Waals surface area contributed by atoms with Crippen molar-refractivity contribution in [3.05, 3.63) is 16.1 Å². The molecule has 0 radical (unpaired) electrons. The second kappa shape index (κ2) is 6.51. The summed E-state index contributed by atoms with van der Waals surface area (Å²) >= 11 is 3.70. The van der Waals surface area contributed by atoms with Crippen LogP contribution in [0.25, 0.3) is 0 Å². The molecule has 1 aromatic rings. The van der Waals surface area contributed by atoms with Crippen molar-refractivity contribution >= 4 is 23.1 Å². The predicted octanol–water partition coefficient (Wildman–Crippen LogP) is 3.24. The molecule has 0 fully saturated rings. The lowest BCUT2D eigenvalue weighted by Gasteiger charge is -2.07. The Labute approximate surface area is 101 Å². The zero-order valence-electron chi connectivity index (χ0n) is 9.69. The fourth-order valence-electron chi connectivity index (χ4n) is 1.31. The van der Waals surface area contributed by atoms with Crippen molar-refractivity contribution in [2.75, 3.05) is 6.54 Å². The molecule has 0 aliphatic carbocycles. The number of nitrogens with zero attached hydrogens (tertiary/aromatic N) is 1. The smallest absolute Gasteiger partial charge is 0.103 e. The van der Waals surface area contributed by atoms with Crippen molar-refractivity contribution in [3.8, 4) is 0 Å². The molecule has 15 heavy (non-hydrogen) atoms. The Hall–Kier alpha value is -0.0600. The molecule has 1 unspecified atom stereocenters. The standard InChI is InChI=1S/C11H20N2S2/c1-4-9(5-12)10-6-15-11(13-10)7-14-8(2)3/h6,8-9H,4-5,7,12H2,1-3H3. The molecule has 0 aromatic carbocycles. The Kier molecular flexibility index (Phi) is 5.64. The molecule has 2 nitrogen and oxygen atoms in total. The largest absolute Gasteiger partial charge is 0.330 e. The fraction of sp³-hybridized carbons (Fsp3) is 0.727. The van der Waals surface area contributed by atoms with E-state index in [2.05, 4.69) is 31.1 Å². The summed E-state index contributed by atoms with van der Waals surface area (Å²) in [5, 5.41) is 4.07. The van der Waals surface area contributed by atoms with Crippen molar-refractivity contribution in [1.29, 1.82) is 0 Å². The highest BCUT2D eigenvalue weighted by atomic mass is 32.2. The summed E-state index contributed by atoms with van der Waals surface area (Å²) < 4.78 is 0. The molecule has 0 saturated heterocycles. The van der Waals surface area contributed by atoms with E-state index in [9.17, 15) is 0 Å². The van der Waals surface area contributed by atoms with E-state index in [1.807, 2.05) is 11.8 Å². The maximum atomic E-state index is 5.71. The summed E-state index contributed by atoms with van der Waals surface area (Å²) in [4.78, 5) is 4.64. The van der Waals surface area contributed by atoms with E-state index < -0.39 is 0 Å². The maximum absolute atomic E-state index is 5.71. The molecule has 4 heteroatoms. The van der Waals surface area contributed by atoms with Gasteiger partial charge >= 0.3 is 0 Å². The van der Waals surface area contributed by atoms with Gasteiger partial charge in [-0.1, -0.05) is 20.8 Å². The van der Waals surface area contributed by atoms with Crippen molar-refractivity contribution in [1.82, 2.24) is 4.98 Å². The molecule has 2 N–H and O–H groups in total. The van der Waals surface area contributed by atoms with Crippen molar-refractivity contribution < 1.29 is 0 Å². The molecule has 1 heterocycles. The minimum atomic E-state index is 0.444. The topological polar surface area (TPSA) is 38.9 Å². The molecule has 1 rings (SSSR count). The normalized spacial score (nSPS) is 13.4. The highest BCUT2D eigenvalue weighted by Gasteiger charge is 2.11. The lowest BCUT2D eigenvalue weighted by Crippen LogP contribution is -2.11. The second-order valence-corrected chi connectivity index (χ2v) is 6.37. The summed E-state index contributed by atoms with van der Waals surface area (Å²) in [6, 6.07) is 0. The van der Waals surface area contributed by atoms with Crippen LogP contribution in [-0.4, -0.2) is 16.8 Å². The molecule has 0 bridgehead atoms. The Morgan fingerprint density at radius 1 is 1.53 bits per heavy atom. The maximum Gasteiger partial charge on any atom is 0.103 e. The van der Waals surface area contributed by atoms with Gasteiger partial charge in [-0.2, -0.15) is 11.8 Å². The molecule has 0 spiro atoms. The molecule has 0 amide bonds. The summed E-state index contributed by atoms with van der Waals surface area (Å²) in [6.07, 6.45) is 1.08.